The lowest BCUT2D eigenvalue weighted by Gasteiger charge is -2.23. The van der Waals surface area contributed by atoms with Gasteiger partial charge in [-0.1, -0.05) is 60.7 Å². The largest absolute Gasteiger partial charge is 0.435 e. The zero-order valence-corrected chi connectivity index (χ0v) is 16.3. The highest BCUT2D eigenvalue weighted by Gasteiger charge is 2.25. The highest BCUT2D eigenvalue weighted by molar-refractivity contribution is 5.96. The van der Waals surface area contributed by atoms with Crippen LogP contribution in [-0.2, 0) is 11.2 Å². The van der Waals surface area contributed by atoms with E-state index in [-0.39, 0.29) is 24.2 Å². The zero-order chi connectivity index (χ0) is 20.9. The van der Waals surface area contributed by atoms with Gasteiger partial charge >= 0.3 is 6.61 Å². The number of nitrogens with zero attached hydrogens (tertiary/aromatic N) is 1. The molecule has 0 unspecified atom stereocenters. The molecule has 0 bridgehead atoms. The Labute approximate surface area is 174 Å². The second-order valence-electron chi connectivity index (χ2n) is 7.10. The van der Waals surface area contributed by atoms with Crippen LogP contribution in [0.4, 0.5) is 14.5 Å². The van der Waals surface area contributed by atoms with Crippen LogP contribution in [0.2, 0.25) is 0 Å². The fourth-order valence-electron chi connectivity index (χ4n) is 3.80. The number of hydrogen-bond acceptors (Lipinski definition) is 3. The average molecular weight is 408 g/mol. The number of rotatable bonds is 7. The number of benzene rings is 3. The van der Waals surface area contributed by atoms with Gasteiger partial charge in [0, 0.05) is 12.2 Å². The van der Waals surface area contributed by atoms with Gasteiger partial charge in [-0.15, -0.1) is 0 Å². The maximum atomic E-state index is 12.9. The van der Waals surface area contributed by atoms with Gasteiger partial charge in [0.15, 0.2) is 0 Å². The third-order valence-corrected chi connectivity index (χ3v) is 5.22. The molecule has 4 nitrogen and oxygen atoms in total. The molecule has 1 heterocycles. The summed E-state index contributed by atoms with van der Waals surface area (Å²) in [5, 5.41) is 3.34. The van der Waals surface area contributed by atoms with Crippen molar-refractivity contribution in [1.29, 1.82) is 0 Å². The molecule has 0 spiro atoms. The van der Waals surface area contributed by atoms with Gasteiger partial charge in [-0.3, -0.25) is 10.1 Å². The molecule has 0 aromatic heterocycles. The molecule has 0 radical (unpaired) electrons. The van der Waals surface area contributed by atoms with Crippen LogP contribution < -0.4 is 15.0 Å². The summed E-state index contributed by atoms with van der Waals surface area (Å²) in [6.45, 7) is -2.03. The van der Waals surface area contributed by atoms with Gasteiger partial charge in [0.05, 0.1) is 12.6 Å². The second-order valence-corrected chi connectivity index (χ2v) is 7.10. The normalized spacial score (nSPS) is 13.9. The lowest BCUT2D eigenvalue weighted by Crippen LogP contribution is -2.38. The number of alkyl halides is 2. The molecule has 6 heteroatoms. The Kier molecular flexibility index (Phi) is 6.05. The van der Waals surface area contributed by atoms with Crippen molar-refractivity contribution in [2.24, 2.45) is 0 Å². The van der Waals surface area contributed by atoms with Gasteiger partial charge in [0.2, 0.25) is 5.91 Å². The number of hydrogen-bond donors (Lipinski definition) is 1. The van der Waals surface area contributed by atoms with Crippen molar-refractivity contribution in [3.8, 4) is 5.75 Å². The van der Waals surface area contributed by atoms with Gasteiger partial charge < -0.3 is 9.64 Å². The Morgan fingerprint density at radius 2 is 1.60 bits per heavy atom. The highest BCUT2D eigenvalue weighted by Crippen LogP contribution is 2.28. The SMILES string of the molecule is O=C(CN[C@@H](c1ccccc1)c1ccc(OC(F)F)cc1)N1CCc2ccccc21. The highest BCUT2D eigenvalue weighted by atomic mass is 19.3. The maximum Gasteiger partial charge on any atom is 0.387 e. The number of nitrogens with one attached hydrogen (secondary N) is 1. The minimum Gasteiger partial charge on any atom is -0.435 e. The van der Waals surface area contributed by atoms with Crippen LogP contribution in [0.3, 0.4) is 0 Å². The molecule has 0 fully saturated rings. The first kappa shape index (κ1) is 20.0. The van der Waals surface area contributed by atoms with Gasteiger partial charge in [-0.25, -0.2) is 0 Å². The van der Waals surface area contributed by atoms with E-state index in [4.69, 9.17) is 0 Å². The van der Waals surface area contributed by atoms with Gasteiger partial charge in [0.25, 0.3) is 0 Å². The number of ether oxygens (including phenoxy) is 1. The first-order valence-corrected chi connectivity index (χ1v) is 9.83. The van der Waals surface area contributed by atoms with Crippen molar-refractivity contribution in [3.63, 3.8) is 0 Å². The number of halogens is 2. The summed E-state index contributed by atoms with van der Waals surface area (Å²) in [7, 11) is 0. The molecule has 1 N–H and O–H groups in total. The fraction of sp³-hybridized carbons (Fsp3) is 0.208. The number of amides is 1. The minimum absolute atomic E-state index is 0.00136. The molecule has 154 valence electrons. The van der Waals surface area contributed by atoms with Gasteiger partial charge in [-0.05, 0) is 41.3 Å². The van der Waals surface area contributed by atoms with Gasteiger partial charge in [-0.2, -0.15) is 8.78 Å². The van der Waals surface area contributed by atoms with E-state index in [0.29, 0.717) is 6.54 Å². The van der Waals surface area contributed by atoms with Crippen LogP contribution in [0, 0.1) is 0 Å². The summed E-state index contributed by atoms with van der Waals surface area (Å²) in [5.41, 5.74) is 3.99. The minimum atomic E-state index is -2.86. The van der Waals surface area contributed by atoms with Crippen molar-refractivity contribution in [2.75, 3.05) is 18.0 Å². The molecule has 0 saturated carbocycles. The molecule has 1 aliphatic rings. The molecule has 30 heavy (non-hydrogen) atoms. The summed E-state index contributed by atoms with van der Waals surface area (Å²) < 4.78 is 29.3. The maximum absolute atomic E-state index is 12.9. The van der Waals surface area contributed by atoms with Crippen LogP contribution in [0.5, 0.6) is 5.75 Å². The fourth-order valence-corrected chi connectivity index (χ4v) is 3.80. The van der Waals surface area contributed by atoms with E-state index in [1.165, 1.54) is 17.7 Å². The summed E-state index contributed by atoms with van der Waals surface area (Å²) in [6, 6.07) is 23.9. The molecular weight excluding hydrogens is 386 g/mol. The Bertz CT molecular complexity index is 994. The topological polar surface area (TPSA) is 41.6 Å². The van der Waals surface area contributed by atoms with Crippen LogP contribution >= 0.6 is 0 Å². The second kappa shape index (κ2) is 9.05. The molecule has 1 aliphatic heterocycles. The Hall–Kier alpha value is -3.25. The molecule has 4 rings (SSSR count). The Balaban J connectivity index is 1.51. The number of carbonyl (C=O) groups excluding carboxylic acids is 1. The predicted octanol–water partition coefficient (Wildman–Crippen LogP) is 4.56. The summed E-state index contributed by atoms with van der Waals surface area (Å²) >= 11 is 0. The molecule has 1 atom stereocenters. The standard InChI is InChI=1S/C24H22F2N2O2/c25-24(26)30-20-12-10-19(11-13-20)23(18-7-2-1-3-8-18)27-16-22(29)28-15-14-17-6-4-5-9-21(17)28/h1-13,23-24,27H,14-16H2/t23-/m0/s1. The Morgan fingerprint density at radius 1 is 0.933 bits per heavy atom. The van der Waals surface area contributed by atoms with Crippen LogP contribution in [0.1, 0.15) is 22.7 Å². The summed E-state index contributed by atoms with van der Waals surface area (Å²) in [5.74, 6) is 0.101. The van der Waals surface area contributed by atoms with Crippen molar-refractivity contribution in [2.45, 2.75) is 19.1 Å². The number of fused-ring (bicyclic) bond motifs is 1. The van der Waals surface area contributed by atoms with E-state index in [1.807, 2.05) is 59.5 Å². The van der Waals surface area contributed by atoms with E-state index in [2.05, 4.69) is 10.1 Å². The van der Waals surface area contributed by atoms with E-state index in [0.717, 1.165) is 23.2 Å². The third-order valence-electron chi connectivity index (χ3n) is 5.22. The van der Waals surface area contributed by atoms with Crippen LogP contribution in [0.25, 0.3) is 0 Å². The summed E-state index contributed by atoms with van der Waals surface area (Å²) in [6.07, 6.45) is 0.857. The molecule has 1 amide bonds. The zero-order valence-electron chi connectivity index (χ0n) is 16.3. The molecule has 3 aromatic rings. The number of para-hydroxylation sites is 1. The van der Waals surface area contributed by atoms with Crippen molar-refractivity contribution >= 4 is 11.6 Å². The lowest BCUT2D eigenvalue weighted by molar-refractivity contribution is -0.117. The molecular formula is C24H22F2N2O2. The Morgan fingerprint density at radius 3 is 2.33 bits per heavy atom. The van der Waals surface area contributed by atoms with E-state index in [9.17, 15) is 13.6 Å². The third kappa shape index (κ3) is 4.49. The van der Waals surface area contributed by atoms with Crippen molar-refractivity contribution in [1.82, 2.24) is 5.32 Å². The lowest BCUT2D eigenvalue weighted by atomic mass is 9.98. The number of anilines is 1. The quantitative estimate of drug-likeness (QED) is 0.623. The van der Waals surface area contributed by atoms with Crippen LogP contribution in [0.15, 0.2) is 78.9 Å². The van der Waals surface area contributed by atoms with E-state index in [1.54, 1.807) is 12.1 Å². The first-order chi connectivity index (χ1) is 14.6. The molecule has 0 aliphatic carbocycles. The van der Waals surface area contributed by atoms with Crippen molar-refractivity contribution in [3.05, 3.63) is 95.6 Å². The summed E-state index contributed by atoms with van der Waals surface area (Å²) in [4.78, 5) is 14.7. The monoisotopic (exact) mass is 408 g/mol. The first-order valence-electron chi connectivity index (χ1n) is 9.83. The predicted molar refractivity (Wildman–Crippen MR) is 112 cm³/mol. The van der Waals surface area contributed by atoms with Gasteiger partial charge in [0.1, 0.15) is 5.75 Å². The van der Waals surface area contributed by atoms with E-state index < -0.39 is 6.61 Å². The van der Waals surface area contributed by atoms with E-state index >= 15 is 0 Å². The van der Waals surface area contributed by atoms with Crippen LogP contribution in [-0.4, -0.2) is 25.6 Å². The smallest absolute Gasteiger partial charge is 0.387 e. The molecule has 0 saturated heterocycles. The van der Waals surface area contributed by atoms with Crippen molar-refractivity contribution < 1.29 is 18.3 Å². The average Bonchev–Trinajstić information content (AvgIpc) is 3.19. The number of carbonyl (C=O) groups is 1. The molecule has 3 aromatic carbocycles.